The standard InChI is InChI=1S/C27H26ClN3O4S/c1-3-35-22-9-6-8-20(15-22)29-26(33)24-16-25(32)31(17-18-7-4-5-10-23(18)28)27(36-24)30-19-11-13-21(34-2)14-12-19/h4-15,24H,3,16-17H2,1-2H3,(H,29,33)/t24-/m0/s1. The zero-order valence-electron chi connectivity index (χ0n) is 19.9. The van der Waals surface area contributed by atoms with Gasteiger partial charge >= 0.3 is 0 Å². The summed E-state index contributed by atoms with van der Waals surface area (Å²) in [4.78, 5) is 32.7. The van der Waals surface area contributed by atoms with E-state index < -0.39 is 5.25 Å². The number of ether oxygens (including phenoxy) is 2. The van der Waals surface area contributed by atoms with Gasteiger partial charge in [0, 0.05) is 23.2 Å². The summed E-state index contributed by atoms with van der Waals surface area (Å²) in [5.41, 5.74) is 2.04. The zero-order chi connectivity index (χ0) is 25.5. The molecule has 1 atom stereocenters. The van der Waals surface area contributed by atoms with Crippen molar-refractivity contribution in [3.05, 3.63) is 83.4 Å². The molecular formula is C27H26ClN3O4S. The Morgan fingerprint density at radius 3 is 2.61 bits per heavy atom. The third-order valence-corrected chi connectivity index (χ3v) is 6.98. The summed E-state index contributed by atoms with van der Waals surface area (Å²) < 4.78 is 10.7. The SMILES string of the molecule is CCOc1cccc(NC(=O)[C@@H]2CC(=O)N(Cc3ccccc3Cl)C(=Nc3ccc(OC)cc3)S2)c1. The fourth-order valence-electron chi connectivity index (χ4n) is 3.61. The highest BCUT2D eigenvalue weighted by Gasteiger charge is 2.36. The molecule has 3 aromatic carbocycles. The second-order valence-corrected chi connectivity index (χ2v) is 9.50. The quantitative estimate of drug-likeness (QED) is 0.397. The molecule has 1 aliphatic rings. The van der Waals surface area contributed by atoms with E-state index in [0.29, 0.717) is 39.7 Å². The normalized spacial score (nSPS) is 16.6. The topological polar surface area (TPSA) is 80.2 Å². The largest absolute Gasteiger partial charge is 0.497 e. The van der Waals surface area contributed by atoms with Crippen LogP contribution in [0.15, 0.2) is 77.8 Å². The fraction of sp³-hybridized carbons (Fsp3) is 0.222. The van der Waals surface area contributed by atoms with E-state index in [0.717, 1.165) is 5.56 Å². The van der Waals surface area contributed by atoms with Crippen LogP contribution in [0.2, 0.25) is 5.02 Å². The van der Waals surface area contributed by atoms with E-state index >= 15 is 0 Å². The Kier molecular flexibility index (Phi) is 8.51. The zero-order valence-corrected chi connectivity index (χ0v) is 21.5. The van der Waals surface area contributed by atoms with Crippen molar-refractivity contribution >= 4 is 51.7 Å². The highest BCUT2D eigenvalue weighted by molar-refractivity contribution is 8.15. The van der Waals surface area contributed by atoms with E-state index in [1.165, 1.54) is 11.8 Å². The Bertz CT molecular complexity index is 1270. The Morgan fingerprint density at radius 2 is 1.89 bits per heavy atom. The Balaban J connectivity index is 1.59. The number of amides is 2. The van der Waals surface area contributed by atoms with Crippen molar-refractivity contribution in [2.75, 3.05) is 19.0 Å². The lowest BCUT2D eigenvalue weighted by Gasteiger charge is -2.32. The number of anilines is 1. The molecule has 4 rings (SSSR count). The van der Waals surface area contributed by atoms with Crippen LogP contribution in [0.3, 0.4) is 0 Å². The van der Waals surface area contributed by atoms with Crippen LogP contribution in [0.1, 0.15) is 18.9 Å². The number of benzene rings is 3. The van der Waals surface area contributed by atoms with E-state index in [9.17, 15) is 9.59 Å². The van der Waals surface area contributed by atoms with Gasteiger partial charge in [-0.3, -0.25) is 14.5 Å². The number of carbonyl (C=O) groups excluding carboxylic acids is 2. The molecule has 36 heavy (non-hydrogen) atoms. The summed E-state index contributed by atoms with van der Waals surface area (Å²) in [5.74, 6) is 0.882. The van der Waals surface area contributed by atoms with Gasteiger partial charge in [-0.2, -0.15) is 0 Å². The maximum atomic E-state index is 13.3. The molecule has 1 saturated heterocycles. The number of halogens is 1. The number of carbonyl (C=O) groups is 2. The highest BCUT2D eigenvalue weighted by Crippen LogP contribution is 2.32. The van der Waals surface area contributed by atoms with Gasteiger partial charge in [0.05, 0.1) is 25.9 Å². The van der Waals surface area contributed by atoms with Crippen LogP contribution in [0.25, 0.3) is 0 Å². The van der Waals surface area contributed by atoms with Crippen LogP contribution in [0, 0.1) is 0 Å². The molecule has 1 aliphatic heterocycles. The van der Waals surface area contributed by atoms with Gasteiger partial charge in [-0.15, -0.1) is 0 Å². The molecule has 0 unspecified atom stereocenters. The van der Waals surface area contributed by atoms with Crippen LogP contribution < -0.4 is 14.8 Å². The van der Waals surface area contributed by atoms with E-state index in [-0.39, 0.29) is 24.8 Å². The van der Waals surface area contributed by atoms with Crippen molar-refractivity contribution in [2.24, 2.45) is 4.99 Å². The Morgan fingerprint density at radius 1 is 1.11 bits per heavy atom. The molecule has 1 heterocycles. The van der Waals surface area contributed by atoms with Crippen LogP contribution in [0.4, 0.5) is 11.4 Å². The molecule has 0 aromatic heterocycles. The number of aliphatic imine (C=N–C) groups is 1. The molecule has 186 valence electrons. The maximum absolute atomic E-state index is 13.3. The van der Waals surface area contributed by atoms with Crippen LogP contribution in [-0.2, 0) is 16.1 Å². The van der Waals surface area contributed by atoms with Crippen molar-refractivity contribution in [1.82, 2.24) is 4.90 Å². The highest BCUT2D eigenvalue weighted by atomic mass is 35.5. The Labute approximate surface area is 219 Å². The number of rotatable bonds is 8. The predicted molar refractivity (Wildman–Crippen MR) is 144 cm³/mol. The van der Waals surface area contributed by atoms with Gasteiger partial charge in [0.2, 0.25) is 11.8 Å². The van der Waals surface area contributed by atoms with Crippen LogP contribution >= 0.6 is 23.4 Å². The number of thioether (sulfide) groups is 1. The smallest absolute Gasteiger partial charge is 0.238 e. The van der Waals surface area contributed by atoms with Gasteiger partial charge in [-0.1, -0.05) is 47.6 Å². The summed E-state index contributed by atoms with van der Waals surface area (Å²) >= 11 is 7.62. The molecule has 2 amide bonds. The predicted octanol–water partition coefficient (Wildman–Crippen LogP) is 5.91. The second kappa shape index (κ2) is 12.0. The number of nitrogens with one attached hydrogen (secondary N) is 1. The Hall–Kier alpha value is -3.49. The van der Waals surface area contributed by atoms with E-state index in [2.05, 4.69) is 5.32 Å². The maximum Gasteiger partial charge on any atom is 0.238 e. The van der Waals surface area contributed by atoms with Crippen molar-refractivity contribution in [3.8, 4) is 11.5 Å². The molecule has 0 aliphatic carbocycles. The molecule has 0 saturated carbocycles. The van der Waals surface area contributed by atoms with Gasteiger partial charge in [0.15, 0.2) is 5.17 Å². The molecule has 9 heteroatoms. The number of amidine groups is 1. The van der Waals surface area contributed by atoms with Crippen molar-refractivity contribution < 1.29 is 19.1 Å². The first-order valence-corrected chi connectivity index (χ1v) is 12.7. The van der Waals surface area contributed by atoms with E-state index in [1.807, 2.05) is 37.3 Å². The monoisotopic (exact) mass is 523 g/mol. The summed E-state index contributed by atoms with van der Waals surface area (Å²) in [5, 5.41) is 3.25. The van der Waals surface area contributed by atoms with Crippen molar-refractivity contribution in [2.45, 2.75) is 25.1 Å². The molecule has 1 fully saturated rings. The van der Waals surface area contributed by atoms with E-state index in [1.54, 1.807) is 54.5 Å². The first kappa shape index (κ1) is 25.6. The average Bonchev–Trinajstić information content (AvgIpc) is 2.88. The molecule has 1 N–H and O–H groups in total. The number of hydrogen-bond donors (Lipinski definition) is 1. The van der Waals surface area contributed by atoms with Gasteiger partial charge in [0.1, 0.15) is 16.7 Å². The summed E-state index contributed by atoms with van der Waals surface area (Å²) in [6, 6.07) is 21.7. The molecule has 0 radical (unpaired) electrons. The minimum Gasteiger partial charge on any atom is -0.497 e. The summed E-state index contributed by atoms with van der Waals surface area (Å²) in [6.45, 7) is 2.68. The summed E-state index contributed by atoms with van der Waals surface area (Å²) in [7, 11) is 1.59. The minimum absolute atomic E-state index is 0.0355. The average molecular weight is 524 g/mol. The van der Waals surface area contributed by atoms with Crippen molar-refractivity contribution in [3.63, 3.8) is 0 Å². The van der Waals surface area contributed by atoms with Gasteiger partial charge in [-0.25, -0.2) is 4.99 Å². The first-order chi connectivity index (χ1) is 17.5. The third-order valence-electron chi connectivity index (χ3n) is 5.43. The fourth-order valence-corrected chi connectivity index (χ4v) is 4.91. The first-order valence-electron chi connectivity index (χ1n) is 11.4. The van der Waals surface area contributed by atoms with Gasteiger partial charge in [0.25, 0.3) is 0 Å². The van der Waals surface area contributed by atoms with Crippen molar-refractivity contribution in [1.29, 1.82) is 0 Å². The van der Waals surface area contributed by atoms with Gasteiger partial charge < -0.3 is 14.8 Å². The molecule has 0 bridgehead atoms. The summed E-state index contributed by atoms with van der Waals surface area (Å²) in [6.07, 6.45) is 0.0355. The molecule has 7 nitrogen and oxygen atoms in total. The minimum atomic E-state index is -0.646. The third kappa shape index (κ3) is 6.38. The lowest BCUT2D eigenvalue weighted by molar-refractivity contribution is -0.129. The molecule has 0 spiro atoms. The van der Waals surface area contributed by atoms with Gasteiger partial charge in [-0.05, 0) is 55.0 Å². The molecule has 3 aromatic rings. The number of hydrogen-bond acceptors (Lipinski definition) is 6. The number of methoxy groups -OCH3 is 1. The number of nitrogens with zero attached hydrogens (tertiary/aromatic N) is 2. The van der Waals surface area contributed by atoms with Crippen LogP contribution in [-0.4, -0.2) is 40.8 Å². The van der Waals surface area contributed by atoms with Crippen LogP contribution in [0.5, 0.6) is 11.5 Å². The lowest BCUT2D eigenvalue weighted by atomic mass is 10.2. The second-order valence-electron chi connectivity index (χ2n) is 7.92. The van der Waals surface area contributed by atoms with E-state index in [4.69, 9.17) is 26.1 Å². The molecular weight excluding hydrogens is 498 g/mol. The lowest BCUT2D eigenvalue weighted by Crippen LogP contribution is -2.44.